The van der Waals surface area contributed by atoms with Gasteiger partial charge in [0.1, 0.15) is 5.75 Å². The van der Waals surface area contributed by atoms with Crippen LogP contribution in [0.25, 0.3) is 0 Å². The van der Waals surface area contributed by atoms with Gasteiger partial charge in [0, 0.05) is 13.0 Å². The summed E-state index contributed by atoms with van der Waals surface area (Å²) < 4.78 is 5.26. The lowest BCUT2D eigenvalue weighted by atomic mass is 10.1. The highest BCUT2D eigenvalue weighted by molar-refractivity contribution is 5.75. The highest BCUT2D eigenvalue weighted by atomic mass is 16.5. The molecule has 0 bridgehead atoms. The van der Waals surface area contributed by atoms with E-state index in [0.29, 0.717) is 13.0 Å². The first kappa shape index (κ1) is 13.6. The van der Waals surface area contributed by atoms with Crippen molar-refractivity contribution in [2.24, 2.45) is 0 Å². The second kappa shape index (κ2) is 6.94. The molecule has 0 unspecified atom stereocenters. The second-order valence-electron chi connectivity index (χ2n) is 4.07. The lowest BCUT2D eigenvalue weighted by Gasteiger charge is -2.09. The smallest absolute Gasteiger partial charge is 0.219 e. The number of aryl methyl sites for hydroxylation is 1. The number of benzene rings is 1. The molecular formula is C14H21NO2. The van der Waals surface area contributed by atoms with Gasteiger partial charge < -0.3 is 10.1 Å². The lowest BCUT2D eigenvalue weighted by Crippen LogP contribution is -2.21. The minimum absolute atomic E-state index is 0.0739. The molecule has 0 aliphatic carbocycles. The van der Waals surface area contributed by atoms with Gasteiger partial charge in [-0.05, 0) is 29.7 Å². The summed E-state index contributed by atoms with van der Waals surface area (Å²) >= 11 is 0. The van der Waals surface area contributed by atoms with Gasteiger partial charge in [-0.25, -0.2) is 0 Å². The van der Waals surface area contributed by atoms with Crippen molar-refractivity contribution in [3.8, 4) is 5.75 Å². The van der Waals surface area contributed by atoms with Gasteiger partial charge in [0.25, 0.3) is 0 Å². The molecule has 0 saturated heterocycles. The van der Waals surface area contributed by atoms with Crippen LogP contribution >= 0.6 is 0 Å². The Morgan fingerprint density at radius 3 is 2.53 bits per heavy atom. The van der Waals surface area contributed by atoms with Crippen molar-refractivity contribution in [2.45, 2.75) is 39.7 Å². The maximum absolute atomic E-state index is 11.2. The van der Waals surface area contributed by atoms with Crippen LogP contribution in [0.5, 0.6) is 5.75 Å². The third-order valence-corrected chi connectivity index (χ3v) is 2.61. The highest BCUT2D eigenvalue weighted by Crippen LogP contribution is 2.18. The van der Waals surface area contributed by atoms with Crippen molar-refractivity contribution >= 4 is 5.91 Å². The molecule has 94 valence electrons. The Morgan fingerprint density at radius 1 is 1.24 bits per heavy atom. The van der Waals surface area contributed by atoms with E-state index in [0.717, 1.165) is 24.2 Å². The van der Waals surface area contributed by atoms with Crippen LogP contribution in [-0.2, 0) is 17.8 Å². The molecule has 3 heteroatoms. The van der Waals surface area contributed by atoms with E-state index in [9.17, 15) is 4.79 Å². The van der Waals surface area contributed by atoms with Gasteiger partial charge in [0.2, 0.25) is 5.91 Å². The van der Waals surface area contributed by atoms with Gasteiger partial charge in [0.15, 0.2) is 0 Å². The van der Waals surface area contributed by atoms with Crippen LogP contribution in [0.2, 0.25) is 0 Å². The maximum Gasteiger partial charge on any atom is 0.219 e. The predicted molar refractivity (Wildman–Crippen MR) is 69.1 cm³/mol. The number of hydrogen-bond acceptors (Lipinski definition) is 2. The van der Waals surface area contributed by atoms with Crippen LogP contribution in [0, 0.1) is 0 Å². The van der Waals surface area contributed by atoms with Crippen LogP contribution < -0.4 is 10.1 Å². The topological polar surface area (TPSA) is 38.3 Å². The number of rotatable bonds is 6. The van der Waals surface area contributed by atoms with Crippen LogP contribution in [0.3, 0.4) is 0 Å². The number of ether oxygens (including phenoxy) is 1. The Labute approximate surface area is 103 Å². The molecule has 1 N–H and O–H groups in total. The number of methoxy groups -OCH3 is 1. The van der Waals surface area contributed by atoms with Gasteiger partial charge >= 0.3 is 0 Å². The van der Waals surface area contributed by atoms with E-state index >= 15 is 0 Å². The lowest BCUT2D eigenvalue weighted by molar-refractivity contribution is -0.120. The summed E-state index contributed by atoms with van der Waals surface area (Å²) in [6, 6.07) is 6.14. The van der Waals surface area contributed by atoms with E-state index in [1.807, 2.05) is 13.0 Å². The van der Waals surface area contributed by atoms with Crippen molar-refractivity contribution in [1.29, 1.82) is 0 Å². The maximum atomic E-state index is 11.2. The van der Waals surface area contributed by atoms with Gasteiger partial charge in [-0.15, -0.1) is 0 Å². The van der Waals surface area contributed by atoms with E-state index < -0.39 is 0 Å². The van der Waals surface area contributed by atoms with Gasteiger partial charge in [-0.3, -0.25) is 4.79 Å². The Kier molecular flexibility index (Phi) is 5.53. The molecule has 1 amide bonds. The van der Waals surface area contributed by atoms with Gasteiger partial charge in [-0.1, -0.05) is 26.3 Å². The molecule has 17 heavy (non-hydrogen) atoms. The zero-order valence-corrected chi connectivity index (χ0v) is 10.9. The minimum Gasteiger partial charge on any atom is -0.497 e. The Morgan fingerprint density at radius 2 is 1.94 bits per heavy atom. The van der Waals surface area contributed by atoms with Crippen LogP contribution in [0.1, 0.15) is 37.8 Å². The van der Waals surface area contributed by atoms with Crippen molar-refractivity contribution in [1.82, 2.24) is 5.32 Å². The third-order valence-electron chi connectivity index (χ3n) is 2.61. The monoisotopic (exact) mass is 235 g/mol. The largest absolute Gasteiger partial charge is 0.497 e. The van der Waals surface area contributed by atoms with Crippen molar-refractivity contribution in [3.05, 3.63) is 29.3 Å². The third kappa shape index (κ3) is 4.47. The number of amides is 1. The van der Waals surface area contributed by atoms with Gasteiger partial charge in [0.05, 0.1) is 7.11 Å². The zero-order chi connectivity index (χ0) is 12.7. The summed E-state index contributed by atoms with van der Waals surface area (Å²) in [5.74, 6) is 0.932. The molecule has 0 heterocycles. The first-order chi connectivity index (χ1) is 8.19. The van der Waals surface area contributed by atoms with Crippen LogP contribution in [-0.4, -0.2) is 13.0 Å². The molecule has 1 rings (SSSR count). The normalized spacial score (nSPS) is 10.1. The van der Waals surface area contributed by atoms with Crippen molar-refractivity contribution in [2.75, 3.05) is 7.11 Å². The number of carbonyl (C=O) groups is 1. The molecule has 1 aromatic carbocycles. The fourth-order valence-corrected chi connectivity index (χ4v) is 1.71. The van der Waals surface area contributed by atoms with Crippen molar-refractivity contribution < 1.29 is 9.53 Å². The van der Waals surface area contributed by atoms with Gasteiger partial charge in [-0.2, -0.15) is 0 Å². The van der Waals surface area contributed by atoms with E-state index in [1.54, 1.807) is 7.11 Å². The molecule has 0 atom stereocenters. The summed E-state index contributed by atoms with van der Waals surface area (Å²) in [5.41, 5.74) is 2.35. The fourth-order valence-electron chi connectivity index (χ4n) is 1.71. The number of carbonyl (C=O) groups excluding carboxylic acids is 1. The molecule has 0 aromatic heterocycles. The molecule has 3 nitrogen and oxygen atoms in total. The van der Waals surface area contributed by atoms with E-state index in [4.69, 9.17) is 4.74 Å². The molecule has 0 aliphatic rings. The summed E-state index contributed by atoms with van der Waals surface area (Å²) in [6.07, 6.45) is 2.66. The predicted octanol–water partition coefficient (Wildman–Crippen LogP) is 2.67. The Hall–Kier alpha value is -1.51. The second-order valence-corrected chi connectivity index (χ2v) is 4.07. The molecule has 0 aliphatic heterocycles. The van der Waals surface area contributed by atoms with Crippen LogP contribution in [0.15, 0.2) is 18.2 Å². The SMILES string of the molecule is CCCc1cc(CNC(=O)CC)cc(OC)c1. The fraction of sp³-hybridized carbons (Fsp3) is 0.500. The Bertz CT molecular complexity index is 374. The molecule has 0 spiro atoms. The molecule has 0 fully saturated rings. The van der Waals surface area contributed by atoms with E-state index in [2.05, 4.69) is 24.4 Å². The van der Waals surface area contributed by atoms with E-state index in [1.165, 1.54) is 5.56 Å². The first-order valence-electron chi connectivity index (χ1n) is 6.13. The zero-order valence-electron chi connectivity index (χ0n) is 10.9. The standard InChI is InChI=1S/C14H21NO2/c1-4-6-11-7-12(9-13(8-11)17-3)10-15-14(16)5-2/h7-9H,4-6,10H2,1-3H3,(H,15,16). The number of hydrogen-bond donors (Lipinski definition) is 1. The Balaban J connectivity index is 2.75. The average molecular weight is 235 g/mol. The molecule has 1 aromatic rings. The van der Waals surface area contributed by atoms with Crippen LogP contribution in [0.4, 0.5) is 0 Å². The molecule has 0 saturated carbocycles. The summed E-state index contributed by atoms with van der Waals surface area (Å²) in [6.45, 7) is 4.57. The molecular weight excluding hydrogens is 214 g/mol. The van der Waals surface area contributed by atoms with E-state index in [-0.39, 0.29) is 5.91 Å². The quantitative estimate of drug-likeness (QED) is 0.823. The first-order valence-corrected chi connectivity index (χ1v) is 6.13. The highest BCUT2D eigenvalue weighted by Gasteiger charge is 2.03. The number of nitrogens with one attached hydrogen (secondary N) is 1. The molecule has 0 radical (unpaired) electrons. The van der Waals surface area contributed by atoms with Crippen molar-refractivity contribution in [3.63, 3.8) is 0 Å². The summed E-state index contributed by atoms with van der Waals surface area (Å²) in [4.78, 5) is 11.2. The average Bonchev–Trinajstić information content (AvgIpc) is 2.36. The summed E-state index contributed by atoms with van der Waals surface area (Å²) in [7, 11) is 1.67. The minimum atomic E-state index is 0.0739. The summed E-state index contributed by atoms with van der Waals surface area (Å²) in [5, 5.41) is 2.87.